The molecular formula is C13H16N2O2. The van der Waals surface area contributed by atoms with E-state index in [2.05, 4.69) is 5.32 Å². The van der Waals surface area contributed by atoms with E-state index in [0.29, 0.717) is 6.42 Å². The van der Waals surface area contributed by atoms with E-state index in [9.17, 15) is 9.59 Å². The SMILES string of the molecule is Nc1ccc(CCCC2CC(=O)NC2=O)cc1. The predicted molar refractivity (Wildman–Crippen MR) is 65.0 cm³/mol. The van der Waals surface area contributed by atoms with Crippen LogP contribution in [-0.2, 0) is 16.0 Å². The van der Waals surface area contributed by atoms with Gasteiger partial charge in [-0.05, 0) is 37.0 Å². The van der Waals surface area contributed by atoms with Gasteiger partial charge in [0.05, 0.1) is 0 Å². The zero-order valence-electron chi connectivity index (χ0n) is 9.61. The number of anilines is 1. The molecule has 0 aromatic heterocycles. The third-order valence-corrected chi connectivity index (χ3v) is 3.06. The maximum absolute atomic E-state index is 11.3. The third kappa shape index (κ3) is 3.06. The first kappa shape index (κ1) is 11.6. The fourth-order valence-electron chi connectivity index (χ4n) is 2.08. The van der Waals surface area contributed by atoms with Crippen LogP contribution in [0.3, 0.4) is 0 Å². The molecule has 2 rings (SSSR count). The van der Waals surface area contributed by atoms with E-state index >= 15 is 0 Å². The lowest BCUT2D eigenvalue weighted by molar-refractivity contribution is -0.125. The summed E-state index contributed by atoms with van der Waals surface area (Å²) in [6, 6.07) is 7.74. The van der Waals surface area contributed by atoms with Gasteiger partial charge in [-0.15, -0.1) is 0 Å². The maximum Gasteiger partial charge on any atom is 0.230 e. The first-order valence-electron chi connectivity index (χ1n) is 5.83. The molecule has 1 atom stereocenters. The van der Waals surface area contributed by atoms with Gasteiger partial charge >= 0.3 is 0 Å². The Hall–Kier alpha value is -1.84. The first-order chi connectivity index (χ1) is 8.15. The van der Waals surface area contributed by atoms with Gasteiger partial charge < -0.3 is 5.73 Å². The number of nitrogens with one attached hydrogen (secondary N) is 1. The fourth-order valence-corrected chi connectivity index (χ4v) is 2.08. The average Bonchev–Trinajstić information content (AvgIpc) is 2.60. The van der Waals surface area contributed by atoms with Crippen LogP contribution in [0.1, 0.15) is 24.8 Å². The Morgan fingerprint density at radius 3 is 2.53 bits per heavy atom. The number of nitrogens with two attached hydrogens (primary N) is 1. The molecule has 3 N–H and O–H groups in total. The van der Waals surface area contributed by atoms with Crippen LogP contribution < -0.4 is 11.1 Å². The molecule has 1 fully saturated rings. The van der Waals surface area contributed by atoms with Gasteiger partial charge in [0.2, 0.25) is 11.8 Å². The van der Waals surface area contributed by atoms with Crippen LogP contribution >= 0.6 is 0 Å². The van der Waals surface area contributed by atoms with Crippen LogP contribution in [0.5, 0.6) is 0 Å². The van der Waals surface area contributed by atoms with Crippen LogP contribution in [0, 0.1) is 5.92 Å². The predicted octanol–water partition coefficient (Wildman–Crippen LogP) is 1.25. The molecule has 2 amide bonds. The lowest BCUT2D eigenvalue weighted by Gasteiger charge is -2.05. The molecular weight excluding hydrogens is 216 g/mol. The third-order valence-electron chi connectivity index (χ3n) is 3.06. The van der Waals surface area contributed by atoms with Gasteiger partial charge in [0, 0.05) is 18.0 Å². The molecule has 1 unspecified atom stereocenters. The molecule has 1 aliphatic heterocycles. The molecule has 0 radical (unpaired) electrons. The van der Waals surface area contributed by atoms with E-state index in [4.69, 9.17) is 5.73 Å². The summed E-state index contributed by atoms with van der Waals surface area (Å²) in [5.41, 5.74) is 7.57. The number of rotatable bonds is 4. The van der Waals surface area contributed by atoms with Crippen molar-refractivity contribution in [2.45, 2.75) is 25.7 Å². The summed E-state index contributed by atoms with van der Waals surface area (Å²) in [5.74, 6) is -0.393. The monoisotopic (exact) mass is 232 g/mol. The average molecular weight is 232 g/mol. The summed E-state index contributed by atoms with van der Waals surface area (Å²) in [7, 11) is 0. The Kier molecular flexibility index (Phi) is 3.42. The zero-order valence-corrected chi connectivity index (χ0v) is 9.61. The van der Waals surface area contributed by atoms with Gasteiger partial charge in [-0.25, -0.2) is 0 Å². The number of hydrogen-bond donors (Lipinski definition) is 2. The van der Waals surface area contributed by atoms with Gasteiger partial charge in [0.1, 0.15) is 0 Å². The number of carbonyl (C=O) groups excluding carboxylic acids is 2. The van der Waals surface area contributed by atoms with Crippen molar-refractivity contribution in [2.24, 2.45) is 5.92 Å². The second kappa shape index (κ2) is 4.99. The smallest absolute Gasteiger partial charge is 0.230 e. The van der Waals surface area contributed by atoms with E-state index in [1.807, 2.05) is 24.3 Å². The van der Waals surface area contributed by atoms with Crippen molar-refractivity contribution in [3.8, 4) is 0 Å². The van der Waals surface area contributed by atoms with Gasteiger partial charge in [0.25, 0.3) is 0 Å². The van der Waals surface area contributed by atoms with Crippen molar-refractivity contribution < 1.29 is 9.59 Å². The van der Waals surface area contributed by atoms with Crippen molar-refractivity contribution in [3.05, 3.63) is 29.8 Å². The first-order valence-corrected chi connectivity index (χ1v) is 5.83. The van der Waals surface area contributed by atoms with Gasteiger partial charge in [-0.3, -0.25) is 14.9 Å². The van der Waals surface area contributed by atoms with Crippen LogP contribution in [0.15, 0.2) is 24.3 Å². The summed E-state index contributed by atoms with van der Waals surface area (Å²) >= 11 is 0. The number of hydrogen-bond acceptors (Lipinski definition) is 3. The number of carbonyl (C=O) groups is 2. The van der Waals surface area contributed by atoms with Gasteiger partial charge in [0.15, 0.2) is 0 Å². The lowest BCUT2D eigenvalue weighted by atomic mass is 9.98. The summed E-state index contributed by atoms with van der Waals surface area (Å²) < 4.78 is 0. The normalized spacial score (nSPS) is 19.4. The summed E-state index contributed by atoms with van der Waals surface area (Å²) in [6.07, 6.45) is 2.94. The second-order valence-electron chi connectivity index (χ2n) is 4.45. The molecule has 4 nitrogen and oxygen atoms in total. The number of imide groups is 1. The minimum absolute atomic E-state index is 0.118. The number of amides is 2. The standard InChI is InChI=1S/C13H16N2O2/c14-11-6-4-9(5-7-11)2-1-3-10-8-12(16)15-13(10)17/h4-7,10H,1-3,8,14H2,(H,15,16,17). The Balaban J connectivity index is 1.78. The summed E-state index contributed by atoms with van der Waals surface area (Å²) in [4.78, 5) is 22.3. The van der Waals surface area contributed by atoms with Crippen molar-refractivity contribution >= 4 is 17.5 Å². The number of benzene rings is 1. The molecule has 1 aliphatic rings. The molecule has 17 heavy (non-hydrogen) atoms. The molecule has 0 bridgehead atoms. The van der Waals surface area contributed by atoms with Gasteiger partial charge in [-0.2, -0.15) is 0 Å². The van der Waals surface area contributed by atoms with E-state index in [1.165, 1.54) is 5.56 Å². The van der Waals surface area contributed by atoms with Crippen LogP contribution in [-0.4, -0.2) is 11.8 Å². The molecule has 90 valence electrons. The van der Waals surface area contributed by atoms with Crippen molar-refractivity contribution in [1.29, 1.82) is 0 Å². The zero-order chi connectivity index (χ0) is 12.3. The van der Waals surface area contributed by atoms with E-state index in [-0.39, 0.29) is 17.7 Å². The maximum atomic E-state index is 11.3. The number of nitrogen functional groups attached to an aromatic ring is 1. The van der Waals surface area contributed by atoms with Crippen LogP contribution in [0.4, 0.5) is 5.69 Å². The molecule has 0 aliphatic carbocycles. The highest BCUT2D eigenvalue weighted by Gasteiger charge is 2.29. The largest absolute Gasteiger partial charge is 0.399 e. The summed E-state index contributed by atoms with van der Waals surface area (Å²) in [5, 5.41) is 2.33. The Bertz CT molecular complexity index is 426. The Morgan fingerprint density at radius 1 is 1.24 bits per heavy atom. The topological polar surface area (TPSA) is 72.2 Å². The molecule has 1 heterocycles. The molecule has 1 aromatic rings. The van der Waals surface area contributed by atoms with E-state index in [1.54, 1.807) is 0 Å². The van der Waals surface area contributed by atoms with E-state index < -0.39 is 0 Å². The highest BCUT2D eigenvalue weighted by Crippen LogP contribution is 2.18. The molecule has 0 saturated carbocycles. The number of aryl methyl sites for hydroxylation is 1. The highest BCUT2D eigenvalue weighted by molar-refractivity contribution is 6.03. The molecule has 0 spiro atoms. The fraction of sp³-hybridized carbons (Fsp3) is 0.385. The molecule has 1 saturated heterocycles. The summed E-state index contributed by atoms with van der Waals surface area (Å²) in [6.45, 7) is 0. The quantitative estimate of drug-likeness (QED) is 0.606. The lowest BCUT2D eigenvalue weighted by Crippen LogP contribution is -2.22. The highest BCUT2D eigenvalue weighted by atomic mass is 16.2. The Morgan fingerprint density at radius 2 is 1.94 bits per heavy atom. The molecule has 1 aromatic carbocycles. The van der Waals surface area contributed by atoms with Crippen molar-refractivity contribution in [3.63, 3.8) is 0 Å². The van der Waals surface area contributed by atoms with Gasteiger partial charge in [-0.1, -0.05) is 12.1 Å². The molecule has 4 heteroatoms. The second-order valence-corrected chi connectivity index (χ2v) is 4.45. The van der Waals surface area contributed by atoms with Crippen LogP contribution in [0.25, 0.3) is 0 Å². The van der Waals surface area contributed by atoms with E-state index in [0.717, 1.165) is 24.9 Å². The van der Waals surface area contributed by atoms with Crippen molar-refractivity contribution in [1.82, 2.24) is 5.32 Å². The minimum atomic E-state index is -0.146. The Labute approximate surface area is 100 Å². The van der Waals surface area contributed by atoms with Crippen molar-refractivity contribution in [2.75, 3.05) is 5.73 Å². The van der Waals surface area contributed by atoms with Crippen LogP contribution in [0.2, 0.25) is 0 Å². The minimum Gasteiger partial charge on any atom is -0.399 e.